The van der Waals surface area contributed by atoms with E-state index in [1.165, 1.54) is 24.3 Å². The molecule has 0 aromatic heterocycles. The number of benzene rings is 1. The van der Waals surface area contributed by atoms with E-state index in [2.05, 4.69) is 10.2 Å². The van der Waals surface area contributed by atoms with Gasteiger partial charge in [0.05, 0.1) is 6.42 Å². The Bertz CT molecular complexity index is 491. The minimum atomic E-state index is -4.59. The number of rotatable bonds is 3. The van der Waals surface area contributed by atoms with Crippen LogP contribution in [0.4, 0.5) is 13.2 Å². The number of nitrogens with zero attached hydrogens (tertiary/aromatic N) is 2. The predicted molar refractivity (Wildman–Crippen MR) is 50.4 cm³/mol. The van der Waals surface area contributed by atoms with Crippen molar-refractivity contribution in [3.8, 4) is 0 Å². The number of carboxylic acids is 1. The highest BCUT2D eigenvalue weighted by atomic mass is 19.4. The van der Waals surface area contributed by atoms with Crippen molar-refractivity contribution in [2.45, 2.75) is 18.3 Å². The Morgan fingerprint density at radius 2 is 2.00 bits per heavy atom. The lowest BCUT2D eigenvalue weighted by molar-refractivity contribution is -0.166. The normalized spacial score (nSPS) is 16.9. The Morgan fingerprint density at radius 1 is 1.35 bits per heavy atom. The highest BCUT2D eigenvalue weighted by molar-refractivity contribution is 5.70. The molecule has 1 aromatic rings. The van der Waals surface area contributed by atoms with Crippen molar-refractivity contribution >= 4 is 5.97 Å². The molecule has 0 radical (unpaired) electrons. The van der Waals surface area contributed by atoms with Crippen LogP contribution in [0.1, 0.15) is 11.1 Å². The molecule has 1 aliphatic rings. The van der Waals surface area contributed by atoms with Gasteiger partial charge >= 0.3 is 17.8 Å². The summed E-state index contributed by atoms with van der Waals surface area (Å²) in [5.41, 5.74) is -2.35. The Labute approximate surface area is 93.8 Å². The van der Waals surface area contributed by atoms with Crippen molar-refractivity contribution in [3.63, 3.8) is 0 Å². The molecule has 0 saturated carbocycles. The summed E-state index contributed by atoms with van der Waals surface area (Å²) < 4.78 is 38.0. The van der Waals surface area contributed by atoms with Gasteiger partial charge in [-0.15, -0.1) is 10.2 Å². The van der Waals surface area contributed by atoms with Crippen molar-refractivity contribution < 1.29 is 23.1 Å². The fraction of sp³-hybridized carbons (Fsp3) is 0.300. The average molecular weight is 244 g/mol. The van der Waals surface area contributed by atoms with E-state index < -0.39 is 17.8 Å². The van der Waals surface area contributed by atoms with Gasteiger partial charge in [-0.1, -0.05) is 24.3 Å². The maximum atomic E-state index is 12.7. The van der Waals surface area contributed by atoms with E-state index in [-0.39, 0.29) is 17.5 Å². The Morgan fingerprint density at radius 3 is 2.47 bits per heavy atom. The lowest BCUT2D eigenvalue weighted by Gasteiger charge is -2.15. The molecule has 0 unspecified atom stereocenters. The molecule has 0 amide bonds. The lowest BCUT2D eigenvalue weighted by Crippen LogP contribution is -2.30. The molecule has 1 N–H and O–H groups in total. The molecule has 17 heavy (non-hydrogen) atoms. The Kier molecular flexibility index (Phi) is 2.41. The molecule has 1 heterocycles. The molecule has 0 saturated heterocycles. The van der Waals surface area contributed by atoms with Gasteiger partial charge in [0.1, 0.15) is 0 Å². The quantitative estimate of drug-likeness (QED) is 0.887. The van der Waals surface area contributed by atoms with E-state index in [0.29, 0.717) is 0 Å². The van der Waals surface area contributed by atoms with Crippen LogP contribution >= 0.6 is 0 Å². The van der Waals surface area contributed by atoms with Gasteiger partial charge in [0.15, 0.2) is 0 Å². The number of carbonyl (C=O) groups is 1. The summed E-state index contributed by atoms with van der Waals surface area (Å²) in [7, 11) is 0. The maximum absolute atomic E-state index is 12.7. The second kappa shape index (κ2) is 3.54. The second-order valence-corrected chi connectivity index (χ2v) is 3.64. The van der Waals surface area contributed by atoms with Gasteiger partial charge in [0.25, 0.3) is 0 Å². The van der Waals surface area contributed by atoms with Crippen LogP contribution in [0.15, 0.2) is 34.5 Å². The van der Waals surface area contributed by atoms with Crippen LogP contribution in [0.2, 0.25) is 0 Å². The summed E-state index contributed by atoms with van der Waals surface area (Å²) in [5.74, 6) is -1.10. The van der Waals surface area contributed by atoms with Crippen molar-refractivity contribution in [1.82, 2.24) is 0 Å². The van der Waals surface area contributed by atoms with Crippen molar-refractivity contribution in [3.05, 3.63) is 35.4 Å². The summed E-state index contributed by atoms with van der Waals surface area (Å²) in [6, 6.07) is 5.22. The molecular weight excluding hydrogens is 237 g/mol. The van der Waals surface area contributed by atoms with E-state index in [9.17, 15) is 18.0 Å². The molecule has 2 rings (SSSR count). The third-order valence-corrected chi connectivity index (χ3v) is 2.38. The molecule has 0 spiro atoms. The molecule has 0 aliphatic carbocycles. The number of hydrogen-bond donors (Lipinski definition) is 1. The van der Waals surface area contributed by atoms with Crippen LogP contribution in [0.5, 0.6) is 0 Å². The van der Waals surface area contributed by atoms with Crippen molar-refractivity contribution in [2.24, 2.45) is 10.2 Å². The fourth-order valence-corrected chi connectivity index (χ4v) is 1.52. The summed E-state index contributed by atoms with van der Waals surface area (Å²) in [6.45, 7) is 0. The zero-order valence-electron chi connectivity index (χ0n) is 8.40. The first-order valence-electron chi connectivity index (χ1n) is 4.67. The van der Waals surface area contributed by atoms with Crippen molar-refractivity contribution in [2.75, 3.05) is 0 Å². The zero-order valence-corrected chi connectivity index (χ0v) is 8.40. The van der Waals surface area contributed by atoms with Gasteiger partial charge in [-0.2, -0.15) is 13.2 Å². The number of aliphatic carboxylic acids is 1. The van der Waals surface area contributed by atoms with Crippen molar-refractivity contribution in [1.29, 1.82) is 0 Å². The van der Waals surface area contributed by atoms with Gasteiger partial charge in [0.2, 0.25) is 0 Å². The van der Waals surface area contributed by atoms with Gasteiger partial charge in [-0.25, -0.2) is 0 Å². The third-order valence-electron chi connectivity index (χ3n) is 2.38. The SMILES string of the molecule is O=C(O)Cc1cccc(C2(C(F)(F)F)N=N2)c1. The number of alkyl halides is 3. The van der Waals surface area contributed by atoms with Gasteiger partial charge in [0, 0.05) is 5.56 Å². The predicted octanol–water partition coefficient (Wildman–Crippen LogP) is 2.49. The van der Waals surface area contributed by atoms with Gasteiger partial charge in [-0.05, 0) is 5.56 Å². The molecule has 1 aliphatic heterocycles. The molecule has 7 heteroatoms. The number of hydrogen-bond acceptors (Lipinski definition) is 3. The molecule has 1 aromatic carbocycles. The molecule has 90 valence electrons. The Balaban J connectivity index is 2.31. The van der Waals surface area contributed by atoms with E-state index >= 15 is 0 Å². The topological polar surface area (TPSA) is 62.0 Å². The van der Waals surface area contributed by atoms with Crippen LogP contribution in [-0.4, -0.2) is 17.3 Å². The van der Waals surface area contributed by atoms with Crippen LogP contribution < -0.4 is 0 Å². The van der Waals surface area contributed by atoms with Crippen LogP contribution in [0.3, 0.4) is 0 Å². The van der Waals surface area contributed by atoms with E-state index in [1.807, 2.05) is 0 Å². The average Bonchev–Trinajstić information content (AvgIpc) is 2.96. The molecule has 0 fully saturated rings. The van der Waals surface area contributed by atoms with E-state index in [1.54, 1.807) is 0 Å². The van der Waals surface area contributed by atoms with Gasteiger partial charge < -0.3 is 5.11 Å². The first-order valence-corrected chi connectivity index (χ1v) is 4.67. The smallest absolute Gasteiger partial charge is 0.442 e. The Hall–Kier alpha value is -1.92. The minimum absolute atomic E-state index is 0.149. The van der Waals surface area contributed by atoms with Crippen LogP contribution in [0, 0.1) is 0 Å². The van der Waals surface area contributed by atoms with E-state index in [0.717, 1.165) is 0 Å². The molecule has 0 atom stereocenters. The second-order valence-electron chi connectivity index (χ2n) is 3.64. The highest BCUT2D eigenvalue weighted by Gasteiger charge is 2.65. The third kappa shape index (κ3) is 2.00. The molecule has 4 nitrogen and oxygen atoms in total. The summed E-state index contributed by atoms with van der Waals surface area (Å²) in [5, 5.41) is 14.7. The first-order chi connectivity index (χ1) is 7.85. The monoisotopic (exact) mass is 244 g/mol. The van der Waals surface area contributed by atoms with Crippen LogP contribution in [0.25, 0.3) is 0 Å². The summed E-state index contributed by atoms with van der Waals surface area (Å²) in [6.07, 6.45) is -4.92. The van der Waals surface area contributed by atoms with Crippen LogP contribution in [-0.2, 0) is 16.9 Å². The fourth-order valence-electron chi connectivity index (χ4n) is 1.52. The first kappa shape index (κ1) is 11.6. The standard InChI is InChI=1S/C10H7F3N2O2/c11-10(12,13)9(14-15-9)7-3-1-2-6(4-7)5-8(16)17/h1-4H,5H2,(H,16,17). The summed E-state index contributed by atoms with van der Waals surface area (Å²) >= 11 is 0. The van der Waals surface area contributed by atoms with E-state index in [4.69, 9.17) is 5.11 Å². The lowest BCUT2D eigenvalue weighted by atomic mass is 9.99. The molecule has 0 bridgehead atoms. The largest absolute Gasteiger partial charge is 0.481 e. The highest BCUT2D eigenvalue weighted by Crippen LogP contribution is 2.52. The maximum Gasteiger partial charge on any atom is 0.442 e. The number of carboxylic acid groups (broad SMARTS) is 1. The summed E-state index contributed by atoms with van der Waals surface area (Å²) in [4.78, 5) is 10.5. The zero-order chi connectivity index (χ0) is 12.7. The van der Waals surface area contributed by atoms with Gasteiger partial charge in [-0.3, -0.25) is 4.79 Å². The minimum Gasteiger partial charge on any atom is -0.481 e. The number of halogens is 3. The molecular formula is C10H7F3N2O2.